The summed E-state index contributed by atoms with van der Waals surface area (Å²) in [4.78, 5) is 26.0. The van der Waals surface area contributed by atoms with Crippen molar-refractivity contribution in [3.8, 4) is 0 Å². The van der Waals surface area contributed by atoms with Gasteiger partial charge >= 0.3 is 0 Å². The van der Waals surface area contributed by atoms with Gasteiger partial charge in [-0.3, -0.25) is 9.59 Å². The van der Waals surface area contributed by atoms with Gasteiger partial charge in [-0.05, 0) is 66.8 Å². The Morgan fingerprint density at radius 3 is 2.35 bits per heavy atom. The molecule has 0 aliphatic carbocycles. The van der Waals surface area contributed by atoms with Crippen LogP contribution in [-0.2, 0) is 12.8 Å². The lowest BCUT2D eigenvalue weighted by molar-refractivity contribution is 0.102. The van der Waals surface area contributed by atoms with Gasteiger partial charge in [0.1, 0.15) is 5.82 Å². The Labute approximate surface area is 194 Å². The van der Waals surface area contributed by atoms with E-state index in [1.165, 1.54) is 12.1 Å². The molecule has 3 rings (SSSR count). The van der Waals surface area contributed by atoms with Crippen LogP contribution in [0.5, 0.6) is 0 Å². The van der Waals surface area contributed by atoms with E-state index < -0.39 is 11.7 Å². The van der Waals surface area contributed by atoms with E-state index in [0.29, 0.717) is 21.3 Å². The Kier molecular flexibility index (Phi) is 7.36. The molecule has 0 aliphatic heterocycles. The van der Waals surface area contributed by atoms with Gasteiger partial charge in [0.25, 0.3) is 11.8 Å². The summed E-state index contributed by atoms with van der Waals surface area (Å²) >= 11 is 13.5. The van der Waals surface area contributed by atoms with Crippen molar-refractivity contribution in [1.82, 2.24) is 0 Å². The van der Waals surface area contributed by atoms with Gasteiger partial charge in [-0.1, -0.05) is 43.1 Å². The molecule has 8 heteroatoms. The summed E-state index contributed by atoms with van der Waals surface area (Å²) in [6, 6.07) is 9.04. The van der Waals surface area contributed by atoms with Gasteiger partial charge in [-0.2, -0.15) is 0 Å². The van der Waals surface area contributed by atoms with Crippen LogP contribution in [0.25, 0.3) is 0 Å². The molecule has 162 valence electrons. The summed E-state index contributed by atoms with van der Waals surface area (Å²) in [5, 5.41) is 6.85. The van der Waals surface area contributed by atoms with Crippen LogP contribution < -0.4 is 10.6 Å². The van der Waals surface area contributed by atoms with Gasteiger partial charge in [0.2, 0.25) is 0 Å². The number of nitrogens with one attached hydrogen (secondary N) is 2. The first-order chi connectivity index (χ1) is 14.7. The van der Waals surface area contributed by atoms with Gasteiger partial charge in [-0.25, -0.2) is 4.39 Å². The second kappa shape index (κ2) is 9.81. The third-order valence-corrected chi connectivity index (χ3v) is 6.67. The summed E-state index contributed by atoms with van der Waals surface area (Å²) in [5.74, 6) is -1.27. The van der Waals surface area contributed by atoms with Crippen LogP contribution in [0.3, 0.4) is 0 Å². The van der Waals surface area contributed by atoms with Crippen molar-refractivity contribution in [3.63, 3.8) is 0 Å². The van der Waals surface area contributed by atoms with E-state index in [1.807, 2.05) is 26.0 Å². The number of amides is 2. The standard InChI is InChI=1S/C23H21Cl2FN2O2S/c1-4-13-6-9-17(24)15(5-2)20(13)28-23(30)21-12(3)10-19(31-21)27-22(29)16-8-7-14(26)11-18(16)25/h6-11H,4-5H2,1-3H3,(H,27,29)(H,28,30). The number of hydrogen-bond acceptors (Lipinski definition) is 3. The monoisotopic (exact) mass is 478 g/mol. The summed E-state index contributed by atoms with van der Waals surface area (Å²) in [5.41, 5.74) is 3.51. The van der Waals surface area contributed by atoms with E-state index in [1.54, 1.807) is 13.0 Å². The predicted octanol–water partition coefficient (Wildman–Crippen LogP) is 7.13. The SMILES string of the molecule is CCc1ccc(Cl)c(CC)c1NC(=O)c1sc(NC(=O)c2ccc(F)cc2Cl)cc1C. The summed E-state index contributed by atoms with van der Waals surface area (Å²) < 4.78 is 13.2. The molecule has 3 aromatic rings. The van der Waals surface area contributed by atoms with Crippen LogP contribution in [-0.4, -0.2) is 11.8 Å². The first-order valence-corrected chi connectivity index (χ1v) is 11.3. The van der Waals surface area contributed by atoms with Gasteiger partial charge in [0, 0.05) is 10.7 Å². The Morgan fingerprint density at radius 2 is 1.71 bits per heavy atom. The van der Waals surface area contributed by atoms with E-state index in [9.17, 15) is 14.0 Å². The summed E-state index contributed by atoms with van der Waals surface area (Å²) in [6.45, 7) is 5.80. The molecule has 2 N–H and O–H groups in total. The molecule has 0 saturated carbocycles. The highest BCUT2D eigenvalue weighted by atomic mass is 35.5. The van der Waals surface area contributed by atoms with E-state index in [0.717, 1.165) is 46.2 Å². The number of thiophene rings is 1. The molecule has 2 amide bonds. The number of hydrogen-bond donors (Lipinski definition) is 2. The number of rotatable bonds is 6. The first-order valence-electron chi connectivity index (χ1n) is 9.73. The second-order valence-electron chi connectivity index (χ2n) is 6.92. The van der Waals surface area contributed by atoms with Crippen LogP contribution >= 0.6 is 34.5 Å². The van der Waals surface area contributed by atoms with Crippen molar-refractivity contribution in [2.45, 2.75) is 33.6 Å². The number of benzene rings is 2. The molecule has 0 aliphatic rings. The van der Waals surface area contributed by atoms with Crippen LogP contribution in [0.2, 0.25) is 10.0 Å². The topological polar surface area (TPSA) is 58.2 Å². The zero-order valence-corrected chi connectivity index (χ0v) is 19.6. The quantitative estimate of drug-likeness (QED) is 0.395. The highest BCUT2D eigenvalue weighted by Gasteiger charge is 2.19. The minimum atomic E-state index is -0.522. The third kappa shape index (κ3) is 5.09. The molecule has 0 bridgehead atoms. The molecule has 0 unspecified atom stereocenters. The highest BCUT2D eigenvalue weighted by molar-refractivity contribution is 7.18. The first kappa shape index (κ1) is 23.3. The van der Waals surface area contributed by atoms with Gasteiger partial charge in [-0.15, -0.1) is 11.3 Å². The highest BCUT2D eigenvalue weighted by Crippen LogP contribution is 2.32. The van der Waals surface area contributed by atoms with E-state index in [2.05, 4.69) is 10.6 Å². The van der Waals surface area contributed by atoms with Crippen molar-refractivity contribution in [2.75, 3.05) is 10.6 Å². The Hall–Kier alpha value is -2.41. The van der Waals surface area contributed by atoms with Gasteiger partial charge in [0.15, 0.2) is 0 Å². The minimum absolute atomic E-state index is 0.0175. The van der Waals surface area contributed by atoms with Crippen LogP contribution in [0, 0.1) is 12.7 Å². The molecule has 0 spiro atoms. The molecule has 0 atom stereocenters. The third-order valence-electron chi connectivity index (χ3n) is 4.85. The van der Waals surface area contributed by atoms with Gasteiger partial charge < -0.3 is 10.6 Å². The fourth-order valence-corrected chi connectivity index (χ4v) is 4.77. The molecule has 4 nitrogen and oxygen atoms in total. The maximum absolute atomic E-state index is 13.2. The Bertz CT molecular complexity index is 1160. The average Bonchev–Trinajstić information content (AvgIpc) is 3.08. The minimum Gasteiger partial charge on any atom is -0.321 e. The van der Waals surface area contributed by atoms with E-state index in [-0.39, 0.29) is 16.5 Å². The van der Waals surface area contributed by atoms with Crippen LogP contribution in [0.4, 0.5) is 15.1 Å². The smallest absolute Gasteiger partial charge is 0.266 e. The zero-order valence-electron chi connectivity index (χ0n) is 17.2. The predicted molar refractivity (Wildman–Crippen MR) is 127 cm³/mol. The summed E-state index contributed by atoms with van der Waals surface area (Å²) in [7, 11) is 0. The largest absolute Gasteiger partial charge is 0.321 e. The number of aryl methyl sites for hydroxylation is 2. The van der Waals surface area contributed by atoms with Crippen molar-refractivity contribution in [2.24, 2.45) is 0 Å². The van der Waals surface area contributed by atoms with E-state index >= 15 is 0 Å². The fourth-order valence-electron chi connectivity index (χ4n) is 3.26. The molecule has 0 fully saturated rings. The van der Waals surface area contributed by atoms with Crippen molar-refractivity contribution in [1.29, 1.82) is 0 Å². The molecule has 1 heterocycles. The lowest BCUT2D eigenvalue weighted by Crippen LogP contribution is -2.15. The molecular formula is C23H21Cl2FN2O2S. The fraction of sp³-hybridized carbons (Fsp3) is 0.217. The lowest BCUT2D eigenvalue weighted by Gasteiger charge is -2.15. The molecular weight excluding hydrogens is 458 g/mol. The number of carbonyl (C=O) groups excluding carboxylic acids is 2. The van der Waals surface area contributed by atoms with Crippen LogP contribution in [0.1, 0.15) is 50.6 Å². The molecule has 0 radical (unpaired) electrons. The van der Waals surface area contributed by atoms with E-state index in [4.69, 9.17) is 23.2 Å². The van der Waals surface area contributed by atoms with Crippen molar-refractivity contribution < 1.29 is 14.0 Å². The normalized spacial score (nSPS) is 10.8. The van der Waals surface area contributed by atoms with Crippen molar-refractivity contribution >= 4 is 57.0 Å². The van der Waals surface area contributed by atoms with Crippen LogP contribution in [0.15, 0.2) is 36.4 Å². The Morgan fingerprint density at radius 1 is 0.968 bits per heavy atom. The average molecular weight is 479 g/mol. The maximum atomic E-state index is 13.2. The molecule has 0 saturated heterocycles. The number of carbonyl (C=O) groups is 2. The number of halogens is 3. The van der Waals surface area contributed by atoms with Gasteiger partial charge in [0.05, 0.1) is 20.5 Å². The number of anilines is 2. The Balaban J connectivity index is 1.84. The zero-order chi connectivity index (χ0) is 22.7. The summed E-state index contributed by atoms with van der Waals surface area (Å²) in [6.07, 6.45) is 1.44. The van der Waals surface area contributed by atoms with Crippen molar-refractivity contribution in [3.05, 3.63) is 79.4 Å². The second-order valence-corrected chi connectivity index (χ2v) is 8.79. The molecule has 31 heavy (non-hydrogen) atoms. The molecule has 1 aromatic heterocycles. The lowest BCUT2D eigenvalue weighted by atomic mass is 10.0. The maximum Gasteiger partial charge on any atom is 0.266 e. The molecule has 2 aromatic carbocycles.